The van der Waals surface area contributed by atoms with Gasteiger partial charge in [0.2, 0.25) is 0 Å². The number of ether oxygens (including phenoxy) is 2. The number of rotatable bonds is 9. The van der Waals surface area contributed by atoms with Crippen molar-refractivity contribution in [1.82, 2.24) is 15.0 Å². The molecule has 0 saturated heterocycles. The van der Waals surface area contributed by atoms with Gasteiger partial charge in [0, 0.05) is 6.07 Å². The van der Waals surface area contributed by atoms with Crippen LogP contribution in [0.25, 0.3) is 16.7 Å². The molecule has 0 N–H and O–H groups in total. The summed E-state index contributed by atoms with van der Waals surface area (Å²) in [6, 6.07) is 13.6. The first kappa shape index (κ1) is 18.2. The molecule has 1 aromatic heterocycles. The quantitative estimate of drug-likeness (QED) is 0.542. The molecule has 1 atom stereocenters. The third-order valence-corrected chi connectivity index (χ3v) is 4.68. The number of fused-ring (bicyclic) bond motifs is 1. The van der Waals surface area contributed by atoms with Gasteiger partial charge in [-0.05, 0) is 36.6 Å². The summed E-state index contributed by atoms with van der Waals surface area (Å²) in [6.45, 7) is 5.16. The Morgan fingerprint density at radius 2 is 1.73 bits per heavy atom. The summed E-state index contributed by atoms with van der Waals surface area (Å²) in [7, 11) is 1.66. The molecule has 0 fully saturated rings. The lowest BCUT2D eigenvalue weighted by atomic mass is 10.0. The summed E-state index contributed by atoms with van der Waals surface area (Å²) in [5, 5.41) is 9.04. The number of hydrogen-bond acceptors (Lipinski definition) is 4. The van der Waals surface area contributed by atoms with Gasteiger partial charge in [-0.25, -0.2) is 0 Å². The monoisotopic (exact) mass is 353 g/mol. The van der Waals surface area contributed by atoms with Crippen LogP contribution >= 0.6 is 0 Å². The zero-order valence-corrected chi connectivity index (χ0v) is 15.8. The van der Waals surface area contributed by atoms with E-state index in [1.165, 1.54) is 19.3 Å². The summed E-state index contributed by atoms with van der Waals surface area (Å²) >= 11 is 0. The molecule has 1 unspecified atom stereocenters. The van der Waals surface area contributed by atoms with Crippen LogP contribution in [0.1, 0.15) is 39.5 Å². The largest absolute Gasteiger partial charge is 0.493 e. The van der Waals surface area contributed by atoms with Crippen molar-refractivity contribution in [3.05, 3.63) is 42.5 Å². The lowest BCUT2D eigenvalue weighted by Crippen LogP contribution is -2.12. The van der Waals surface area contributed by atoms with Crippen LogP contribution in [-0.2, 0) is 0 Å². The molecular formula is C21H27N3O2. The van der Waals surface area contributed by atoms with Gasteiger partial charge in [-0.15, -0.1) is 10.2 Å². The third kappa shape index (κ3) is 4.15. The van der Waals surface area contributed by atoms with Crippen LogP contribution in [0.2, 0.25) is 0 Å². The van der Waals surface area contributed by atoms with E-state index in [-0.39, 0.29) is 0 Å². The molecule has 0 aliphatic heterocycles. The van der Waals surface area contributed by atoms with Crippen molar-refractivity contribution in [3.8, 4) is 17.2 Å². The van der Waals surface area contributed by atoms with Gasteiger partial charge in [-0.2, -0.15) is 4.80 Å². The van der Waals surface area contributed by atoms with Crippen molar-refractivity contribution in [2.45, 2.75) is 39.5 Å². The van der Waals surface area contributed by atoms with E-state index in [4.69, 9.17) is 9.47 Å². The zero-order chi connectivity index (χ0) is 18.4. The van der Waals surface area contributed by atoms with Crippen molar-refractivity contribution in [3.63, 3.8) is 0 Å². The molecule has 0 aliphatic carbocycles. The molecule has 2 aromatic carbocycles. The third-order valence-electron chi connectivity index (χ3n) is 4.68. The van der Waals surface area contributed by atoms with Crippen LogP contribution in [0.3, 0.4) is 0 Å². The standard InChI is InChI=1S/C21H27N3O2/c1-4-6-9-16(5-2)15-26-20-13-12-17(14-21(20)25-3)24-22-18-10-7-8-11-19(18)23-24/h7-8,10-14,16H,4-6,9,15H2,1-3H3. The van der Waals surface area contributed by atoms with Crippen molar-refractivity contribution in [1.29, 1.82) is 0 Å². The normalized spacial score (nSPS) is 12.3. The molecule has 26 heavy (non-hydrogen) atoms. The minimum atomic E-state index is 0.581. The molecule has 0 amide bonds. The first-order valence-corrected chi connectivity index (χ1v) is 9.38. The maximum Gasteiger partial charge on any atom is 0.162 e. The van der Waals surface area contributed by atoms with Crippen LogP contribution < -0.4 is 9.47 Å². The first-order chi connectivity index (χ1) is 12.7. The lowest BCUT2D eigenvalue weighted by Gasteiger charge is -2.17. The highest BCUT2D eigenvalue weighted by molar-refractivity contribution is 5.73. The van der Waals surface area contributed by atoms with Crippen LogP contribution in [0.4, 0.5) is 0 Å². The van der Waals surface area contributed by atoms with Crippen LogP contribution in [-0.4, -0.2) is 28.7 Å². The molecule has 3 aromatic rings. The molecule has 5 nitrogen and oxygen atoms in total. The number of aromatic nitrogens is 3. The number of hydrogen-bond donors (Lipinski definition) is 0. The van der Waals surface area contributed by atoms with Crippen LogP contribution in [0.5, 0.6) is 11.5 Å². The summed E-state index contributed by atoms with van der Waals surface area (Å²) in [5.74, 6) is 2.05. The number of benzene rings is 2. The lowest BCUT2D eigenvalue weighted by molar-refractivity contribution is 0.224. The molecule has 138 valence electrons. The summed E-state index contributed by atoms with van der Waals surface area (Å²) in [5.41, 5.74) is 2.59. The summed E-state index contributed by atoms with van der Waals surface area (Å²) < 4.78 is 11.6. The van der Waals surface area contributed by atoms with Crippen LogP contribution in [0.15, 0.2) is 42.5 Å². The fraction of sp³-hybridized carbons (Fsp3) is 0.429. The summed E-state index contributed by atoms with van der Waals surface area (Å²) in [6.07, 6.45) is 4.80. The molecule has 0 saturated carbocycles. The highest BCUT2D eigenvalue weighted by atomic mass is 16.5. The van der Waals surface area contributed by atoms with Crippen molar-refractivity contribution >= 4 is 11.0 Å². The van der Waals surface area contributed by atoms with E-state index in [2.05, 4.69) is 24.0 Å². The Morgan fingerprint density at radius 3 is 2.35 bits per heavy atom. The highest BCUT2D eigenvalue weighted by Gasteiger charge is 2.12. The van der Waals surface area contributed by atoms with Crippen molar-refractivity contribution < 1.29 is 9.47 Å². The van der Waals surface area contributed by atoms with E-state index in [0.717, 1.165) is 35.5 Å². The smallest absolute Gasteiger partial charge is 0.162 e. The maximum absolute atomic E-state index is 6.05. The molecule has 0 radical (unpaired) electrons. The molecule has 0 spiro atoms. The van der Waals surface area contributed by atoms with Gasteiger partial charge in [-0.3, -0.25) is 0 Å². The minimum Gasteiger partial charge on any atom is -0.493 e. The number of nitrogens with zero attached hydrogens (tertiary/aromatic N) is 3. The van der Waals surface area contributed by atoms with Gasteiger partial charge in [0.15, 0.2) is 11.5 Å². The summed E-state index contributed by atoms with van der Waals surface area (Å²) in [4.78, 5) is 1.63. The second-order valence-electron chi connectivity index (χ2n) is 6.54. The fourth-order valence-corrected chi connectivity index (χ4v) is 2.98. The molecular weight excluding hydrogens is 326 g/mol. The first-order valence-electron chi connectivity index (χ1n) is 9.38. The van der Waals surface area contributed by atoms with E-state index >= 15 is 0 Å². The second-order valence-corrected chi connectivity index (χ2v) is 6.54. The van der Waals surface area contributed by atoms with Gasteiger partial charge < -0.3 is 9.47 Å². The average Bonchev–Trinajstić information content (AvgIpc) is 3.12. The van der Waals surface area contributed by atoms with E-state index < -0.39 is 0 Å². The Hall–Kier alpha value is -2.56. The van der Waals surface area contributed by atoms with Crippen molar-refractivity contribution in [2.75, 3.05) is 13.7 Å². The molecule has 3 rings (SSSR count). The Labute approximate surface area is 154 Å². The van der Waals surface area contributed by atoms with Gasteiger partial charge >= 0.3 is 0 Å². The molecule has 0 aliphatic rings. The average molecular weight is 353 g/mol. The molecule has 0 bridgehead atoms. The van der Waals surface area contributed by atoms with Gasteiger partial charge in [-0.1, -0.05) is 45.2 Å². The van der Waals surface area contributed by atoms with E-state index in [0.29, 0.717) is 11.7 Å². The maximum atomic E-state index is 6.05. The van der Waals surface area contributed by atoms with Crippen LogP contribution in [0, 0.1) is 5.92 Å². The van der Waals surface area contributed by atoms with Gasteiger partial charge in [0.1, 0.15) is 11.0 Å². The van der Waals surface area contributed by atoms with E-state index in [1.54, 1.807) is 11.9 Å². The van der Waals surface area contributed by atoms with E-state index in [1.807, 2.05) is 42.5 Å². The minimum absolute atomic E-state index is 0.581. The van der Waals surface area contributed by atoms with E-state index in [9.17, 15) is 0 Å². The van der Waals surface area contributed by atoms with Gasteiger partial charge in [0.25, 0.3) is 0 Å². The highest BCUT2D eigenvalue weighted by Crippen LogP contribution is 2.30. The molecule has 5 heteroatoms. The Morgan fingerprint density at radius 1 is 1.00 bits per heavy atom. The predicted molar refractivity (Wildman–Crippen MR) is 104 cm³/mol. The Balaban J connectivity index is 1.77. The zero-order valence-electron chi connectivity index (χ0n) is 15.8. The second kappa shape index (κ2) is 8.70. The topological polar surface area (TPSA) is 49.2 Å². The number of methoxy groups -OCH3 is 1. The Bertz CT molecular complexity index is 811. The molecule has 1 heterocycles. The van der Waals surface area contributed by atoms with Crippen molar-refractivity contribution in [2.24, 2.45) is 5.92 Å². The SMILES string of the molecule is CCCCC(CC)COc1ccc(-n2nc3ccccc3n2)cc1OC. The predicted octanol–water partition coefficient (Wildman–Crippen LogP) is 5.02. The number of unbranched alkanes of at least 4 members (excludes halogenated alkanes) is 1. The fourth-order valence-electron chi connectivity index (χ4n) is 2.98. The Kier molecular flexibility index (Phi) is 6.10. The van der Waals surface area contributed by atoms with Gasteiger partial charge in [0.05, 0.1) is 19.4 Å².